The second-order valence-corrected chi connectivity index (χ2v) is 8.38. The maximum atomic E-state index is 11.7. The Balaban J connectivity index is 1.57. The number of ether oxygens (including phenoxy) is 1. The summed E-state index contributed by atoms with van der Waals surface area (Å²) in [7, 11) is -1.17. The van der Waals surface area contributed by atoms with Crippen LogP contribution in [0.4, 0.5) is 4.79 Å². The molecule has 0 spiro atoms. The molecule has 1 heterocycles. The average Bonchev–Trinajstić information content (AvgIpc) is 2.91. The molecule has 1 aliphatic heterocycles. The van der Waals surface area contributed by atoms with Crippen LogP contribution in [0.3, 0.4) is 0 Å². The lowest BCUT2D eigenvalue weighted by Gasteiger charge is -2.11. The van der Waals surface area contributed by atoms with Gasteiger partial charge in [-0.3, -0.25) is 0 Å². The molecule has 24 heavy (non-hydrogen) atoms. The Morgan fingerprint density at radius 1 is 1.25 bits per heavy atom. The predicted octanol–water partition coefficient (Wildman–Crippen LogP) is 1.75. The fraction of sp³-hybridized carbons (Fsp3) is 0.588. The summed E-state index contributed by atoms with van der Waals surface area (Å²) in [5, 5.41) is 5.63. The minimum Gasteiger partial charge on any atom is -0.496 e. The van der Waals surface area contributed by atoms with E-state index in [0.717, 1.165) is 30.6 Å². The first-order chi connectivity index (χ1) is 11.5. The zero-order valence-corrected chi connectivity index (χ0v) is 14.9. The van der Waals surface area contributed by atoms with Crippen molar-refractivity contribution in [3.63, 3.8) is 0 Å². The molecule has 1 aliphatic rings. The van der Waals surface area contributed by atoms with Crippen molar-refractivity contribution in [2.75, 3.05) is 31.7 Å². The summed E-state index contributed by atoms with van der Waals surface area (Å²) in [6.45, 7) is 1.10. The summed E-state index contributed by atoms with van der Waals surface area (Å²) in [6, 6.07) is 7.55. The van der Waals surface area contributed by atoms with Crippen LogP contribution >= 0.6 is 0 Å². The van der Waals surface area contributed by atoms with E-state index in [1.54, 1.807) is 7.11 Å². The van der Waals surface area contributed by atoms with Crippen LogP contribution in [0.5, 0.6) is 5.75 Å². The molecule has 1 atom stereocenters. The van der Waals surface area contributed by atoms with Crippen LogP contribution < -0.4 is 15.4 Å². The molecule has 1 aromatic carbocycles. The smallest absolute Gasteiger partial charge is 0.314 e. The maximum Gasteiger partial charge on any atom is 0.314 e. The Labute approximate surface area is 143 Å². The van der Waals surface area contributed by atoms with Gasteiger partial charge in [0.25, 0.3) is 0 Å². The zero-order valence-electron chi connectivity index (χ0n) is 14.1. The molecule has 2 rings (SSSR count). The van der Waals surface area contributed by atoms with E-state index < -0.39 is 9.84 Å². The molecule has 2 N–H and O–H groups in total. The molecule has 7 heteroatoms. The van der Waals surface area contributed by atoms with Crippen molar-refractivity contribution in [1.82, 2.24) is 10.6 Å². The number of benzene rings is 1. The average molecular weight is 354 g/mol. The van der Waals surface area contributed by atoms with Crippen LogP contribution in [0.15, 0.2) is 24.3 Å². The van der Waals surface area contributed by atoms with Gasteiger partial charge in [-0.05, 0) is 43.2 Å². The minimum atomic E-state index is -2.80. The number of hydrogen-bond acceptors (Lipinski definition) is 4. The van der Waals surface area contributed by atoms with Crippen LogP contribution in [0.25, 0.3) is 0 Å². The van der Waals surface area contributed by atoms with Gasteiger partial charge in [-0.25, -0.2) is 13.2 Å². The first kappa shape index (κ1) is 18.6. The molecular formula is C17H26N2O4S. The molecule has 6 nitrogen and oxygen atoms in total. The van der Waals surface area contributed by atoms with E-state index in [1.807, 2.05) is 24.3 Å². The van der Waals surface area contributed by atoms with Gasteiger partial charge in [0.2, 0.25) is 0 Å². The highest BCUT2D eigenvalue weighted by Crippen LogP contribution is 2.22. The van der Waals surface area contributed by atoms with Gasteiger partial charge in [0.1, 0.15) is 5.75 Å². The molecule has 0 aromatic heterocycles. The van der Waals surface area contributed by atoms with Gasteiger partial charge in [0.05, 0.1) is 18.6 Å². The van der Waals surface area contributed by atoms with Crippen LogP contribution in [-0.4, -0.2) is 46.2 Å². The molecule has 1 unspecified atom stereocenters. The number of urea groups is 1. The number of carbonyl (C=O) groups excluding carboxylic acids is 1. The Morgan fingerprint density at radius 2 is 2.00 bits per heavy atom. The fourth-order valence-electron chi connectivity index (χ4n) is 2.98. The molecule has 2 amide bonds. The van der Waals surface area contributed by atoms with E-state index >= 15 is 0 Å². The van der Waals surface area contributed by atoms with E-state index in [1.165, 1.54) is 0 Å². The van der Waals surface area contributed by atoms with Crippen LogP contribution in [0, 0.1) is 5.92 Å². The van der Waals surface area contributed by atoms with Crippen molar-refractivity contribution in [2.24, 2.45) is 5.92 Å². The Bertz CT molecular complexity index is 646. The van der Waals surface area contributed by atoms with Gasteiger partial charge in [-0.2, -0.15) is 0 Å². The summed E-state index contributed by atoms with van der Waals surface area (Å²) >= 11 is 0. The third-order valence-corrected chi connectivity index (χ3v) is 6.11. The van der Waals surface area contributed by atoms with Crippen molar-refractivity contribution >= 4 is 15.9 Å². The highest BCUT2D eigenvalue weighted by Gasteiger charge is 2.27. The van der Waals surface area contributed by atoms with Gasteiger partial charge < -0.3 is 15.4 Å². The number of hydrogen-bond donors (Lipinski definition) is 2. The number of amides is 2. The first-order valence-corrected chi connectivity index (χ1v) is 10.2. The number of sulfone groups is 1. The topological polar surface area (TPSA) is 84.5 Å². The number of nitrogens with one attached hydrogen (secondary N) is 2. The quantitative estimate of drug-likeness (QED) is 0.697. The third-order valence-electron chi connectivity index (χ3n) is 4.27. The zero-order chi connectivity index (χ0) is 17.4. The van der Waals surface area contributed by atoms with E-state index in [0.29, 0.717) is 31.0 Å². The Hall–Kier alpha value is -1.76. The lowest BCUT2D eigenvalue weighted by Crippen LogP contribution is -2.37. The minimum absolute atomic E-state index is 0.191. The molecule has 1 fully saturated rings. The van der Waals surface area contributed by atoms with E-state index in [9.17, 15) is 13.2 Å². The normalized spacial score (nSPS) is 19.0. The van der Waals surface area contributed by atoms with Gasteiger partial charge >= 0.3 is 6.03 Å². The van der Waals surface area contributed by atoms with Crippen LogP contribution in [0.1, 0.15) is 24.8 Å². The molecule has 0 bridgehead atoms. The van der Waals surface area contributed by atoms with Gasteiger partial charge in [0.15, 0.2) is 9.84 Å². The molecule has 0 saturated carbocycles. The lowest BCUT2D eigenvalue weighted by atomic mass is 10.0. The third kappa shape index (κ3) is 6.03. The first-order valence-electron chi connectivity index (χ1n) is 8.34. The Kier molecular flexibility index (Phi) is 6.90. The summed E-state index contributed by atoms with van der Waals surface area (Å²) in [5.41, 5.74) is 1.06. The van der Waals surface area contributed by atoms with Crippen molar-refractivity contribution in [1.29, 1.82) is 0 Å². The second kappa shape index (κ2) is 8.92. The summed E-state index contributed by atoms with van der Waals surface area (Å²) in [5.74, 6) is 1.70. The summed E-state index contributed by atoms with van der Waals surface area (Å²) < 4.78 is 28.0. The van der Waals surface area contributed by atoms with Gasteiger partial charge in [-0.1, -0.05) is 18.2 Å². The molecule has 0 aliphatic carbocycles. The summed E-state index contributed by atoms with van der Waals surface area (Å²) in [4.78, 5) is 11.7. The Morgan fingerprint density at radius 3 is 2.71 bits per heavy atom. The SMILES string of the molecule is COc1ccccc1CCNC(=O)NCCCC1CCS(=O)(=O)C1. The number of methoxy groups -OCH3 is 1. The van der Waals surface area contributed by atoms with E-state index in [-0.39, 0.29) is 11.9 Å². The predicted molar refractivity (Wildman–Crippen MR) is 94.1 cm³/mol. The van der Waals surface area contributed by atoms with Crippen molar-refractivity contribution < 1.29 is 17.9 Å². The van der Waals surface area contributed by atoms with Crippen molar-refractivity contribution in [3.05, 3.63) is 29.8 Å². The fourth-order valence-corrected chi connectivity index (χ4v) is 4.89. The lowest BCUT2D eigenvalue weighted by molar-refractivity contribution is 0.240. The molecule has 1 saturated heterocycles. The standard InChI is InChI=1S/C17H26N2O4S/c1-23-16-7-3-2-6-15(16)8-11-19-17(20)18-10-4-5-14-9-12-24(21,22)13-14/h2-3,6-7,14H,4-5,8-13H2,1H3,(H2,18,19,20). The summed E-state index contributed by atoms with van der Waals surface area (Å²) in [6.07, 6.45) is 3.12. The van der Waals surface area contributed by atoms with Gasteiger partial charge in [-0.15, -0.1) is 0 Å². The second-order valence-electron chi connectivity index (χ2n) is 6.16. The van der Waals surface area contributed by atoms with Crippen LogP contribution in [-0.2, 0) is 16.3 Å². The largest absolute Gasteiger partial charge is 0.496 e. The number of para-hydroxylation sites is 1. The highest BCUT2D eigenvalue weighted by molar-refractivity contribution is 7.91. The monoisotopic (exact) mass is 354 g/mol. The highest BCUT2D eigenvalue weighted by atomic mass is 32.2. The molecule has 134 valence electrons. The molecule has 1 aromatic rings. The number of rotatable bonds is 8. The van der Waals surface area contributed by atoms with E-state index in [2.05, 4.69) is 10.6 Å². The van der Waals surface area contributed by atoms with Crippen molar-refractivity contribution in [3.8, 4) is 5.75 Å². The van der Waals surface area contributed by atoms with Gasteiger partial charge in [0, 0.05) is 13.1 Å². The molecule has 0 radical (unpaired) electrons. The van der Waals surface area contributed by atoms with Crippen molar-refractivity contribution in [2.45, 2.75) is 25.7 Å². The number of carbonyl (C=O) groups is 1. The molecular weight excluding hydrogens is 328 g/mol. The van der Waals surface area contributed by atoms with E-state index in [4.69, 9.17) is 4.74 Å². The van der Waals surface area contributed by atoms with Crippen LogP contribution in [0.2, 0.25) is 0 Å². The maximum absolute atomic E-state index is 11.7.